The van der Waals surface area contributed by atoms with Gasteiger partial charge in [-0.1, -0.05) is 46.0 Å². The summed E-state index contributed by atoms with van der Waals surface area (Å²) in [7, 11) is 1.77. The summed E-state index contributed by atoms with van der Waals surface area (Å²) in [5.74, 6) is 0.953. The van der Waals surface area contributed by atoms with E-state index in [0.717, 1.165) is 44.6 Å². The molecule has 182 valence electrons. The highest BCUT2D eigenvalue weighted by Crippen LogP contribution is 2.22. The van der Waals surface area contributed by atoms with Crippen LogP contribution in [0.4, 0.5) is 11.6 Å². The number of nitriles is 1. The molecule has 0 aromatic carbocycles. The molecule has 2 heterocycles. The third-order valence-electron chi connectivity index (χ3n) is 6.30. The van der Waals surface area contributed by atoms with Crippen molar-refractivity contribution in [3.05, 3.63) is 17.7 Å². The molecule has 1 saturated carbocycles. The maximum Gasteiger partial charge on any atom is 0.270 e. The molecule has 3 rings (SSSR count). The third kappa shape index (κ3) is 8.32. The van der Waals surface area contributed by atoms with E-state index in [-0.39, 0.29) is 17.7 Å². The predicted octanol–water partition coefficient (Wildman–Crippen LogP) is 4.15. The molecule has 8 heteroatoms. The van der Waals surface area contributed by atoms with E-state index in [0.29, 0.717) is 24.0 Å². The van der Waals surface area contributed by atoms with E-state index in [1.165, 1.54) is 32.1 Å². The van der Waals surface area contributed by atoms with Gasteiger partial charge >= 0.3 is 0 Å². The summed E-state index contributed by atoms with van der Waals surface area (Å²) in [6.07, 6.45) is 10.3. The number of carbonyl (C=O) groups excluding carboxylic acids is 1. The van der Waals surface area contributed by atoms with Gasteiger partial charge in [-0.25, -0.2) is 4.98 Å². The lowest BCUT2D eigenvalue weighted by Crippen LogP contribution is -2.46. The largest absolute Gasteiger partial charge is 0.373 e. The SMILES string of the molecule is CC.CNc1nc(NC2CCCCCCC2)ccc1C(=N)C(=O)NC1CCN(CC#N)CC1. The Morgan fingerprint density at radius 3 is 2.33 bits per heavy atom. The molecule has 4 N–H and O–H groups in total. The lowest BCUT2D eigenvalue weighted by atomic mass is 9.97. The number of hydrogen-bond donors (Lipinski definition) is 4. The van der Waals surface area contributed by atoms with Crippen molar-refractivity contribution >= 4 is 23.3 Å². The molecule has 0 spiro atoms. The molecular formula is C25H41N7O. The number of aromatic nitrogens is 1. The summed E-state index contributed by atoms with van der Waals surface area (Å²) in [5.41, 5.74) is 0.430. The highest BCUT2D eigenvalue weighted by molar-refractivity contribution is 6.45. The van der Waals surface area contributed by atoms with Gasteiger partial charge in [-0.3, -0.25) is 15.1 Å². The van der Waals surface area contributed by atoms with Crippen LogP contribution in [0, 0.1) is 16.7 Å². The van der Waals surface area contributed by atoms with Crippen molar-refractivity contribution in [2.75, 3.05) is 37.3 Å². The lowest BCUT2D eigenvalue weighted by Gasteiger charge is -2.30. The Morgan fingerprint density at radius 1 is 1.09 bits per heavy atom. The Balaban J connectivity index is 0.00000187. The van der Waals surface area contributed by atoms with Crippen molar-refractivity contribution < 1.29 is 4.79 Å². The fourth-order valence-corrected chi connectivity index (χ4v) is 4.46. The monoisotopic (exact) mass is 455 g/mol. The second-order valence-corrected chi connectivity index (χ2v) is 8.59. The van der Waals surface area contributed by atoms with Gasteiger partial charge in [0.1, 0.15) is 17.3 Å². The van der Waals surface area contributed by atoms with Gasteiger partial charge in [0.2, 0.25) is 0 Å². The molecule has 0 radical (unpaired) electrons. The maximum absolute atomic E-state index is 12.7. The number of likely N-dealkylation sites (tertiary alicyclic amines) is 1. The van der Waals surface area contributed by atoms with Gasteiger partial charge in [-0.05, 0) is 37.8 Å². The molecular weight excluding hydrogens is 414 g/mol. The smallest absolute Gasteiger partial charge is 0.270 e. The first-order valence-electron chi connectivity index (χ1n) is 12.5. The molecule has 2 aliphatic rings. The fraction of sp³-hybridized carbons (Fsp3) is 0.680. The number of anilines is 2. The summed E-state index contributed by atoms with van der Waals surface area (Å²) < 4.78 is 0. The highest BCUT2D eigenvalue weighted by Gasteiger charge is 2.24. The number of nitrogens with zero attached hydrogens (tertiary/aromatic N) is 3. The van der Waals surface area contributed by atoms with Crippen LogP contribution in [0.25, 0.3) is 0 Å². The van der Waals surface area contributed by atoms with E-state index >= 15 is 0 Å². The van der Waals surface area contributed by atoms with Gasteiger partial charge in [-0.2, -0.15) is 5.26 Å². The Hall–Kier alpha value is -2.66. The summed E-state index contributed by atoms with van der Waals surface area (Å²) in [4.78, 5) is 19.4. The van der Waals surface area contributed by atoms with Crippen LogP contribution in [-0.4, -0.2) is 60.3 Å². The van der Waals surface area contributed by atoms with E-state index in [1.54, 1.807) is 7.05 Å². The topological polar surface area (TPSA) is 117 Å². The Kier molecular flexibility index (Phi) is 11.7. The molecule has 0 atom stereocenters. The molecule has 1 amide bonds. The minimum absolute atomic E-state index is 0.0362. The Labute approximate surface area is 199 Å². The van der Waals surface area contributed by atoms with Crippen molar-refractivity contribution in [1.29, 1.82) is 10.7 Å². The summed E-state index contributed by atoms with van der Waals surface area (Å²) in [5, 5.41) is 26.8. The quantitative estimate of drug-likeness (QED) is 0.362. The van der Waals surface area contributed by atoms with Crippen LogP contribution in [-0.2, 0) is 4.79 Å². The molecule has 0 bridgehead atoms. The van der Waals surface area contributed by atoms with Crippen LogP contribution in [0.5, 0.6) is 0 Å². The van der Waals surface area contributed by atoms with Crippen molar-refractivity contribution in [1.82, 2.24) is 15.2 Å². The fourth-order valence-electron chi connectivity index (χ4n) is 4.46. The molecule has 1 saturated heterocycles. The van der Waals surface area contributed by atoms with Gasteiger partial charge in [0.05, 0.1) is 12.6 Å². The minimum atomic E-state index is -0.377. The van der Waals surface area contributed by atoms with Gasteiger partial charge in [0.15, 0.2) is 0 Å². The average Bonchev–Trinajstić information content (AvgIpc) is 2.83. The van der Waals surface area contributed by atoms with Crippen molar-refractivity contribution in [2.24, 2.45) is 0 Å². The standard InChI is InChI=1S/C23H35N7O.C2H6/c1-26-22-19(9-10-20(29-22)27-17-7-5-3-2-4-6-8-17)21(25)23(31)28-18-11-14-30(15-12-18)16-13-24;1-2/h9-10,17-18,25H,2-8,11-12,14-16H2,1H3,(H,28,31)(H2,26,27,29);1-2H3. The summed E-state index contributed by atoms with van der Waals surface area (Å²) in [6, 6.07) is 6.31. The summed E-state index contributed by atoms with van der Waals surface area (Å²) >= 11 is 0. The molecule has 2 fully saturated rings. The van der Waals surface area contributed by atoms with Gasteiger partial charge < -0.3 is 16.0 Å². The van der Waals surface area contributed by atoms with E-state index in [2.05, 4.69) is 31.9 Å². The van der Waals surface area contributed by atoms with Gasteiger partial charge in [0.25, 0.3) is 5.91 Å². The number of rotatable bonds is 7. The van der Waals surface area contributed by atoms with Gasteiger partial charge in [0, 0.05) is 37.8 Å². The number of pyridine rings is 1. The number of nitrogens with one attached hydrogen (secondary N) is 4. The second kappa shape index (κ2) is 14.5. The van der Waals surface area contributed by atoms with E-state index in [1.807, 2.05) is 26.0 Å². The predicted molar refractivity (Wildman–Crippen MR) is 135 cm³/mol. The Morgan fingerprint density at radius 2 is 1.73 bits per heavy atom. The zero-order valence-electron chi connectivity index (χ0n) is 20.5. The number of amides is 1. The van der Waals surface area contributed by atoms with Crippen molar-refractivity contribution in [3.8, 4) is 6.07 Å². The van der Waals surface area contributed by atoms with E-state index < -0.39 is 0 Å². The van der Waals surface area contributed by atoms with Crippen LogP contribution < -0.4 is 16.0 Å². The van der Waals surface area contributed by atoms with Crippen LogP contribution in [0.3, 0.4) is 0 Å². The lowest BCUT2D eigenvalue weighted by molar-refractivity contribution is -0.115. The molecule has 1 aromatic rings. The summed E-state index contributed by atoms with van der Waals surface area (Å²) in [6.45, 7) is 6.00. The van der Waals surface area contributed by atoms with Crippen LogP contribution >= 0.6 is 0 Å². The first-order valence-corrected chi connectivity index (χ1v) is 12.5. The van der Waals surface area contributed by atoms with E-state index in [9.17, 15) is 4.79 Å². The van der Waals surface area contributed by atoms with Crippen molar-refractivity contribution in [2.45, 2.75) is 83.7 Å². The molecule has 1 aromatic heterocycles. The first-order chi connectivity index (χ1) is 16.1. The second-order valence-electron chi connectivity index (χ2n) is 8.59. The average molecular weight is 456 g/mol. The van der Waals surface area contributed by atoms with Gasteiger partial charge in [-0.15, -0.1) is 0 Å². The Bertz CT molecular complexity index is 788. The molecule has 1 aliphatic carbocycles. The highest BCUT2D eigenvalue weighted by atomic mass is 16.1. The zero-order chi connectivity index (χ0) is 24.1. The first kappa shape index (κ1) is 26.6. The number of hydrogen-bond acceptors (Lipinski definition) is 7. The molecule has 33 heavy (non-hydrogen) atoms. The van der Waals surface area contributed by atoms with Crippen LogP contribution in [0.2, 0.25) is 0 Å². The molecule has 0 unspecified atom stereocenters. The minimum Gasteiger partial charge on any atom is -0.373 e. The third-order valence-corrected chi connectivity index (χ3v) is 6.30. The van der Waals surface area contributed by atoms with Crippen molar-refractivity contribution in [3.63, 3.8) is 0 Å². The molecule has 8 nitrogen and oxygen atoms in total. The maximum atomic E-state index is 12.7. The normalized spacial score (nSPS) is 18.0. The number of carbonyl (C=O) groups is 1. The van der Waals surface area contributed by atoms with E-state index in [4.69, 9.17) is 10.7 Å². The zero-order valence-corrected chi connectivity index (χ0v) is 20.5. The van der Waals surface area contributed by atoms with Crippen LogP contribution in [0.15, 0.2) is 12.1 Å². The number of piperidine rings is 1. The molecule has 1 aliphatic heterocycles. The van der Waals surface area contributed by atoms with Crippen LogP contribution in [0.1, 0.15) is 77.2 Å².